The fourth-order valence-electron chi connectivity index (χ4n) is 9.99. The normalized spacial score (nSPS) is 13.1. The van der Waals surface area contributed by atoms with E-state index in [0.717, 1.165) is 50.1 Å². The molecule has 9 aromatic carbocycles. The molecular weight excluding hydrogens is 691 g/mol. The van der Waals surface area contributed by atoms with E-state index in [1.165, 1.54) is 55.6 Å². The number of benzene rings is 9. The predicted octanol–water partition coefficient (Wildman–Crippen LogP) is 14.7. The van der Waals surface area contributed by atoms with Crippen LogP contribution in [0.25, 0.3) is 66.4 Å². The lowest BCUT2D eigenvalue weighted by Gasteiger charge is -2.36. The van der Waals surface area contributed by atoms with Crippen LogP contribution < -0.4 is 4.90 Å². The van der Waals surface area contributed by atoms with Gasteiger partial charge in [0.2, 0.25) is 0 Å². The number of rotatable bonds is 4. The van der Waals surface area contributed by atoms with E-state index < -0.39 is 5.41 Å². The highest BCUT2D eigenvalue weighted by molar-refractivity contribution is 6.06. The highest BCUT2D eigenvalue weighted by atomic mass is 16.3. The summed E-state index contributed by atoms with van der Waals surface area (Å²) in [4.78, 5) is 2.43. The maximum absolute atomic E-state index is 6.54. The second-order valence-electron chi connectivity index (χ2n) is 15.2. The summed E-state index contributed by atoms with van der Waals surface area (Å²) in [6, 6.07) is 77.8. The molecule has 0 atom stereocenters. The van der Waals surface area contributed by atoms with Gasteiger partial charge in [0, 0.05) is 33.8 Å². The third-order valence-corrected chi connectivity index (χ3v) is 12.3. The molecule has 1 heterocycles. The molecule has 2 nitrogen and oxygen atoms in total. The van der Waals surface area contributed by atoms with E-state index in [9.17, 15) is 0 Å². The fourth-order valence-corrected chi connectivity index (χ4v) is 9.99. The second kappa shape index (κ2) is 12.3. The lowest BCUT2D eigenvalue weighted by Crippen LogP contribution is -2.29. The molecule has 266 valence electrons. The highest BCUT2D eigenvalue weighted by Crippen LogP contribution is 2.62. The minimum atomic E-state index is -0.582. The second-order valence-corrected chi connectivity index (χ2v) is 15.2. The van der Waals surface area contributed by atoms with Crippen LogP contribution in [0.1, 0.15) is 22.3 Å². The molecule has 12 rings (SSSR count). The number of hydrogen-bond donors (Lipinski definition) is 0. The Morgan fingerprint density at radius 2 is 0.789 bits per heavy atom. The molecule has 2 heteroatoms. The van der Waals surface area contributed by atoms with Gasteiger partial charge in [-0.2, -0.15) is 0 Å². The zero-order chi connectivity index (χ0) is 37.5. The predicted molar refractivity (Wildman–Crippen MR) is 236 cm³/mol. The Balaban J connectivity index is 1.20. The number of anilines is 3. The smallest absolute Gasteiger partial charge is 0.137 e. The van der Waals surface area contributed by atoms with Gasteiger partial charge >= 0.3 is 0 Å². The van der Waals surface area contributed by atoms with Crippen molar-refractivity contribution in [1.82, 2.24) is 0 Å². The van der Waals surface area contributed by atoms with Crippen LogP contribution in [0.5, 0.6) is 0 Å². The van der Waals surface area contributed by atoms with Crippen molar-refractivity contribution in [2.45, 2.75) is 5.41 Å². The summed E-state index contributed by atoms with van der Waals surface area (Å²) in [5.41, 5.74) is 19.4. The third-order valence-electron chi connectivity index (χ3n) is 12.3. The van der Waals surface area contributed by atoms with E-state index >= 15 is 0 Å². The highest BCUT2D eigenvalue weighted by Gasteiger charge is 2.49. The molecule has 0 aliphatic heterocycles. The third kappa shape index (κ3) is 4.53. The summed E-state index contributed by atoms with van der Waals surface area (Å²) in [6.45, 7) is 0. The summed E-state index contributed by atoms with van der Waals surface area (Å²) < 4.78 is 6.54. The van der Waals surface area contributed by atoms with Gasteiger partial charge in [0.25, 0.3) is 0 Å². The maximum atomic E-state index is 6.54. The minimum Gasteiger partial charge on any atom is -0.456 e. The first-order chi connectivity index (χ1) is 28.3. The molecule has 0 N–H and O–H groups in total. The van der Waals surface area contributed by atoms with Gasteiger partial charge < -0.3 is 9.32 Å². The molecule has 0 fully saturated rings. The molecule has 0 amide bonds. The first kappa shape index (κ1) is 31.9. The van der Waals surface area contributed by atoms with Crippen molar-refractivity contribution in [3.63, 3.8) is 0 Å². The molecule has 0 saturated carbocycles. The first-order valence-corrected chi connectivity index (χ1v) is 19.7. The van der Waals surface area contributed by atoms with Crippen LogP contribution in [0.2, 0.25) is 0 Å². The zero-order valence-electron chi connectivity index (χ0n) is 31.1. The number of furan rings is 1. The quantitative estimate of drug-likeness (QED) is 0.180. The van der Waals surface area contributed by atoms with Crippen LogP contribution in [0.15, 0.2) is 217 Å². The molecule has 1 spiro atoms. The molecule has 57 heavy (non-hydrogen) atoms. The Bertz CT molecular complexity index is 3160. The lowest BCUT2D eigenvalue weighted by molar-refractivity contribution is 0.669. The summed E-state index contributed by atoms with van der Waals surface area (Å²) in [7, 11) is 0. The zero-order valence-corrected chi connectivity index (χ0v) is 31.1. The molecule has 0 radical (unpaired) electrons. The van der Waals surface area contributed by atoms with Crippen molar-refractivity contribution >= 4 is 39.0 Å². The number of para-hydroxylation sites is 2. The Morgan fingerprint density at radius 1 is 0.316 bits per heavy atom. The molecular formula is C55H35NO. The van der Waals surface area contributed by atoms with Crippen molar-refractivity contribution in [3.8, 4) is 44.5 Å². The average molecular weight is 726 g/mol. The van der Waals surface area contributed by atoms with Crippen LogP contribution in [0.3, 0.4) is 0 Å². The van der Waals surface area contributed by atoms with Gasteiger partial charge in [-0.15, -0.1) is 0 Å². The average Bonchev–Trinajstić information content (AvgIpc) is 3.77. The maximum Gasteiger partial charge on any atom is 0.137 e. The van der Waals surface area contributed by atoms with E-state index in [1.54, 1.807) is 0 Å². The van der Waals surface area contributed by atoms with Crippen molar-refractivity contribution in [3.05, 3.63) is 235 Å². The topological polar surface area (TPSA) is 16.4 Å². The fraction of sp³-hybridized carbons (Fsp3) is 0.0182. The number of hydrogen-bond acceptors (Lipinski definition) is 2. The van der Waals surface area contributed by atoms with Crippen LogP contribution in [-0.2, 0) is 5.41 Å². The Kier molecular flexibility index (Phi) is 6.88. The van der Waals surface area contributed by atoms with Crippen molar-refractivity contribution in [2.75, 3.05) is 4.90 Å². The van der Waals surface area contributed by atoms with E-state index in [0.29, 0.717) is 0 Å². The van der Waals surface area contributed by atoms with E-state index in [-0.39, 0.29) is 0 Å². The van der Waals surface area contributed by atoms with Gasteiger partial charge in [-0.05, 0) is 97.6 Å². The molecule has 0 unspecified atom stereocenters. The standard InChI is InChI=1S/C55H35NO/c1-2-16-36(17-3-1)39-18-9-14-28-52(39)56(38-31-33-47-46-24-10-15-29-53(46)57-54(47)35-38)37-30-32-45-41-20-5-4-19-40(41)42-21-6-11-25-48(42)55(51(45)34-37)49-26-12-7-22-43(49)44-23-8-13-27-50(44)55/h1-35H. The summed E-state index contributed by atoms with van der Waals surface area (Å²) in [6.07, 6.45) is 0. The first-order valence-electron chi connectivity index (χ1n) is 19.7. The van der Waals surface area contributed by atoms with E-state index in [1.807, 2.05) is 6.07 Å². The van der Waals surface area contributed by atoms with Crippen LogP contribution in [-0.4, -0.2) is 0 Å². The van der Waals surface area contributed by atoms with Gasteiger partial charge in [-0.3, -0.25) is 0 Å². The molecule has 10 aromatic rings. The van der Waals surface area contributed by atoms with Gasteiger partial charge in [0.15, 0.2) is 0 Å². The Labute approximate surface area is 331 Å². The van der Waals surface area contributed by atoms with Gasteiger partial charge in [0.1, 0.15) is 11.2 Å². The summed E-state index contributed by atoms with van der Waals surface area (Å²) in [5, 5.41) is 2.23. The lowest BCUT2D eigenvalue weighted by atomic mass is 9.66. The molecule has 2 aliphatic carbocycles. The Morgan fingerprint density at radius 3 is 1.47 bits per heavy atom. The molecule has 2 aliphatic rings. The van der Waals surface area contributed by atoms with E-state index in [4.69, 9.17) is 4.42 Å². The molecule has 0 saturated heterocycles. The van der Waals surface area contributed by atoms with Crippen molar-refractivity contribution < 1.29 is 4.42 Å². The summed E-state index contributed by atoms with van der Waals surface area (Å²) >= 11 is 0. The number of nitrogens with zero attached hydrogens (tertiary/aromatic N) is 1. The minimum absolute atomic E-state index is 0.582. The number of fused-ring (bicyclic) bond motifs is 15. The van der Waals surface area contributed by atoms with Crippen molar-refractivity contribution in [1.29, 1.82) is 0 Å². The van der Waals surface area contributed by atoms with E-state index in [2.05, 4.69) is 211 Å². The largest absolute Gasteiger partial charge is 0.456 e. The molecule has 0 bridgehead atoms. The van der Waals surface area contributed by atoms with Gasteiger partial charge in [-0.1, -0.05) is 170 Å². The summed E-state index contributed by atoms with van der Waals surface area (Å²) in [5.74, 6) is 0. The van der Waals surface area contributed by atoms with Crippen LogP contribution >= 0.6 is 0 Å². The van der Waals surface area contributed by atoms with Crippen molar-refractivity contribution in [2.24, 2.45) is 0 Å². The van der Waals surface area contributed by atoms with Crippen LogP contribution in [0, 0.1) is 0 Å². The van der Waals surface area contributed by atoms with Crippen LogP contribution in [0.4, 0.5) is 17.1 Å². The molecule has 1 aromatic heterocycles. The SMILES string of the molecule is c1ccc(-c2ccccc2N(c2ccc3c(c2)C2(c4ccccc4-c4ccccc4-3)c3ccccc3-c3ccccc32)c2ccc3c(c2)oc2ccccc23)cc1. The van der Waals surface area contributed by atoms with Gasteiger partial charge in [0.05, 0.1) is 11.1 Å². The van der Waals surface area contributed by atoms with Gasteiger partial charge in [-0.25, -0.2) is 0 Å². The monoisotopic (exact) mass is 725 g/mol. The Hall–Kier alpha value is -7.42.